The molecule has 0 bridgehead atoms. The SMILES string of the molecule is NCCc1cn(CC(=O)Nc2ccc(Cl)cc2)nn1. The molecular weight excluding hydrogens is 266 g/mol. The zero-order chi connectivity index (χ0) is 13.7. The fourth-order valence-electron chi connectivity index (χ4n) is 1.56. The van der Waals surface area contributed by atoms with E-state index in [4.69, 9.17) is 17.3 Å². The van der Waals surface area contributed by atoms with E-state index in [1.807, 2.05) is 0 Å². The van der Waals surface area contributed by atoms with Crippen molar-refractivity contribution in [2.45, 2.75) is 13.0 Å². The topological polar surface area (TPSA) is 85.8 Å². The van der Waals surface area contributed by atoms with E-state index in [1.165, 1.54) is 4.68 Å². The van der Waals surface area contributed by atoms with Crippen molar-refractivity contribution in [1.29, 1.82) is 0 Å². The average molecular weight is 280 g/mol. The third kappa shape index (κ3) is 4.04. The van der Waals surface area contributed by atoms with E-state index >= 15 is 0 Å². The highest BCUT2D eigenvalue weighted by Crippen LogP contribution is 2.13. The molecule has 0 saturated heterocycles. The van der Waals surface area contributed by atoms with E-state index in [1.54, 1.807) is 30.5 Å². The Morgan fingerprint density at radius 3 is 2.79 bits per heavy atom. The molecule has 0 aliphatic rings. The molecule has 2 rings (SSSR count). The maximum absolute atomic E-state index is 11.8. The molecule has 0 spiro atoms. The fourth-order valence-corrected chi connectivity index (χ4v) is 1.69. The number of benzene rings is 1. The molecule has 0 atom stereocenters. The zero-order valence-corrected chi connectivity index (χ0v) is 11.0. The first-order chi connectivity index (χ1) is 9.17. The van der Waals surface area contributed by atoms with Gasteiger partial charge in [-0.05, 0) is 30.8 Å². The fraction of sp³-hybridized carbons (Fsp3) is 0.250. The standard InChI is InChI=1S/C12H14ClN5O/c13-9-1-3-10(4-2-9)15-12(19)8-18-7-11(5-6-14)16-17-18/h1-4,7H,5-6,8,14H2,(H,15,19). The molecule has 0 aliphatic carbocycles. The van der Waals surface area contributed by atoms with E-state index < -0.39 is 0 Å². The number of rotatable bonds is 5. The minimum Gasteiger partial charge on any atom is -0.330 e. The van der Waals surface area contributed by atoms with Crippen molar-refractivity contribution in [2.75, 3.05) is 11.9 Å². The van der Waals surface area contributed by atoms with Gasteiger partial charge in [0.15, 0.2) is 0 Å². The summed E-state index contributed by atoms with van der Waals surface area (Å²) in [7, 11) is 0. The highest BCUT2D eigenvalue weighted by atomic mass is 35.5. The number of carbonyl (C=O) groups excluding carboxylic acids is 1. The molecule has 0 radical (unpaired) electrons. The summed E-state index contributed by atoms with van der Waals surface area (Å²) in [6.07, 6.45) is 2.37. The van der Waals surface area contributed by atoms with Crippen LogP contribution in [0.25, 0.3) is 0 Å². The summed E-state index contributed by atoms with van der Waals surface area (Å²) >= 11 is 5.77. The van der Waals surface area contributed by atoms with Crippen molar-refractivity contribution < 1.29 is 4.79 Å². The van der Waals surface area contributed by atoms with Gasteiger partial charge in [0.2, 0.25) is 5.91 Å². The number of amides is 1. The second-order valence-corrected chi connectivity index (χ2v) is 4.44. The predicted octanol–water partition coefficient (Wildman–Crippen LogP) is 1.07. The van der Waals surface area contributed by atoms with Crippen molar-refractivity contribution in [3.05, 3.63) is 41.2 Å². The van der Waals surface area contributed by atoms with Crippen LogP contribution in [-0.4, -0.2) is 27.4 Å². The molecule has 0 aliphatic heterocycles. The minimum absolute atomic E-state index is 0.111. The molecule has 0 unspecified atom stereocenters. The largest absolute Gasteiger partial charge is 0.330 e. The van der Waals surface area contributed by atoms with Crippen LogP contribution in [0.4, 0.5) is 5.69 Å². The average Bonchev–Trinajstić information content (AvgIpc) is 2.80. The smallest absolute Gasteiger partial charge is 0.246 e. The lowest BCUT2D eigenvalue weighted by molar-refractivity contribution is -0.116. The molecule has 0 saturated carbocycles. The molecule has 1 amide bonds. The van der Waals surface area contributed by atoms with Crippen LogP contribution < -0.4 is 11.1 Å². The number of nitrogens with zero attached hydrogens (tertiary/aromatic N) is 3. The van der Waals surface area contributed by atoms with Gasteiger partial charge in [0.1, 0.15) is 6.54 Å². The van der Waals surface area contributed by atoms with E-state index in [2.05, 4.69) is 15.6 Å². The molecular formula is C12H14ClN5O. The van der Waals surface area contributed by atoms with Gasteiger partial charge in [-0.1, -0.05) is 16.8 Å². The van der Waals surface area contributed by atoms with Gasteiger partial charge < -0.3 is 11.1 Å². The Morgan fingerprint density at radius 2 is 2.11 bits per heavy atom. The number of carbonyl (C=O) groups is 1. The Bertz CT molecular complexity index is 552. The van der Waals surface area contributed by atoms with Gasteiger partial charge in [-0.2, -0.15) is 0 Å². The third-order valence-corrected chi connectivity index (χ3v) is 2.67. The van der Waals surface area contributed by atoms with Gasteiger partial charge in [0, 0.05) is 23.3 Å². The molecule has 19 heavy (non-hydrogen) atoms. The van der Waals surface area contributed by atoms with Crippen LogP contribution in [0.15, 0.2) is 30.5 Å². The van der Waals surface area contributed by atoms with Crippen LogP contribution in [0.1, 0.15) is 5.69 Å². The summed E-state index contributed by atoms with van der Waals surface area (Å²) in [5.74, 6) is -0.175. The van der Waals surface area contributed by atoms with Crippen molar-refractivity contribution >= 4 is 23.2 Å². The highest BCUT2D eigenvalue weighted by Gasteiger charge is 2.06. The molecule has 1 aromatic carbocycles. The first-order valence-electron chi connectivity index (χ1n) is 5.82. The van der Waals surface area contributed by atoms with Gasteiger partial charge in [-0.25, -0.2) is 4.68 Å². The number of hydrogen-bond acceptors (Lipinski definition) is 4. The molecule has 1 aromatic heterocycles. The number of nitrogens with one attached hydrogen (secondary N) is 1. The Morgan fingerprint density at radius 1 is 1.37 bits per heavy atom. The monoisotopic (exact) mass is 279 g/mol. The summed E-state index contributed by atoms with van der Waals surface area (Å²) < 4.78 is 1.48. The molecule has 0 fully saturated rings. The number of hydrogen-bond donors (Lipinski definition) is 2. The number of aromatic nitrogens is 3. The summed E-state index contributed by atoms with van der Waals surface area (Å²) in [6, 6.07) is 6.90. The van der Waals surface area contributed by atoms with Crippen LogP contribution in [-0.2, 0) is 17.8 Å². The molecule has 3 N–H and O–H groups in total. The van der Waals surface area contributed by atoms with E-state index in [0.29, 0.717) is 23.7 Å². The summed E-state index contributed by atoms with van der Waals surface area (Å²) in [5.41, 5.74) is 6.89. The first-order valence-corrected chi connectivity index (χ1v) is 6.19. The van der Waals surface area contributed by atoms with Gasteiger partial charge in [-0.15, -0.1) is 5.10 Å². The van der Waals surface area contributed by atoms with E-state index in [-0.39, 0.29) is 12.5 Å². The summed E-state index contributed by atoms with van der Waals surface area (Å²) in [4.78, 5) is 11.8. The van der Waals surface area contributed by atoms with Crippen LogP contribution in [0, 0.1) is 0 Å². The van der Waals surface area contributed by atoms with Gasteiger partial charge in [0.25, 0.3) is 0 Å². The molecule has 100 valence electrons. The number of halogens is 1. The summed E-state index contributed by atoms with van der Waals surface area (Å²) in [5, 5.41) is 11.1. The van der Waals surface area contributed by atoms with E-state index in [9.17, 15) is 4.79 Å². The zero-order valence-electron chi connectivity index (χ0n) is 10.2. The third-order valence-electron chi connectivity index (χ3n) is 2.42. The van der Waals surface area contributed by atoms with Crippen molar-refractivity contribution in [2.24, 2.45) is 5.73 Å². The van der Waals surface area contributed by atoms with Crippen molar-refractivity contribution in [1.82, 2.24) is 15.0 Å². The Balaban J connectivity index is 1.91. The molecule has 1 heterocycles. The van der Waals surface area contributed by atoms with Crippen LogP contribution in [0.3, 0.4) is 0 Å². The maximum atomic E-state index is 11.8. The maximum Gasteiger partial charge on any atom is 0.246 e. The van der Waals surface area contributed by atoms with Crippen molar-refractivity contribution in [3.63, 3.8) is 0 Å². The number of nitrogens with two attached hydrogens (primary N) is 1. The Hall–Kier alpha value is -1.92. The van der Waals surface area contributed by atoms with Crippen molar-refractivity contribution in [3.8, 4) is 0 Å². The lowest BCUT2D eigenvalue weighted by Gasteiger charge is -2.04. The van der Waals surface area contributed by atoms with Crippen LogP contribution in [0.5, 0.6) is 0 Å². The first kappa shape index (κ1) is 13.5. The second kappa shape index (κ2) is 6.31. The lowest BCUT2D eigenvalue weighted by Crippen LogP contribution is -2.19. The normalized spacial score (nSPS) is 10.4. The molecule has 6 nitrogen and oxygen atoms in total. The Labute approximate surface area is 115 Å². The second-order valence-electron chi connectivity index (χ2n) is 4.00. The highest BCUT2D eigenvalue weighted by molar-refractivity contribution is 6.30. The predicted molar refractivity (Wildman–Crippen MR) is 72.9 cm³/mol. The van der Waals surface area contributed by atoms with Crippen LogP contribution >= 0.6 is 11.6 Å². The van der Waals surface area contributed by atoms with Gasteiger partial charge in [0.05, 0.1) is 5.69 Å². The van der Waals surface area contributed by atoms with Crippen LogP contribution in [0.2, 0.25) is 5.02 Å². The lowest BCUT2D eigenvalue weighted by atomic mass is 10.3. The summed E-state index contributed by atoms with van der Waals surface area (Å²) in [6.45, 7) is 0.621. The van der Waals surface area contributed by atoms with Gasteiger partial charge >= 0.3 is 0 Å². The molecule has 7 heteroatoms. The number of anilines is 1. The minimum atomic E-state index is -0.175. The Kier molecular flexibility index (Phi) is 4.48. The van der Waals surface area contributed by atoms with Gasteiger partial charge in [-0.3, -0.25) is 4.79 Å². The quantitative estimate of drug-likeness (QED) is 0.857. The molecule has 2 aromatic rings. The van der Waals surface area contributed by atoms with E-state index in [0.717, 1.165) is 5.69 Å².